The predicted molar refractivity (Wildman–Crippen MR) is 148 cm³/mol. The van der Waals surface area contributed by atoms with E-state index in [4.69, 9.17) is 14.7 Å². The van der Waals surface area contributed by atoms with E-state index in [2.05, 4.69) is 61.8 Å². The van der Waals surface area contributed by atoms with E-state index in [0.29, 0.717) is 11.5 Å². The van der Waals surface area contributed by atoms with E-state index in [1.54, 1.807) is 0 Å². The summed E-state index contributed by atoms with van der Waals surface area (Å²) in [4.78, 5) is 10.0. The number of benzene rings is 4. The molecule has 0 atom stereocenters. The average Bonchev–Trinajstić information content (AvgIpc) is 3.46. The number of ether oxygens (including phenoxy) is 1. The number of nitrogens with zero attached hydrogens (tertiary/aromatic N) is 5. The molecular weight excluding hydrogens is 665 g/mol. The Morgan fingerprint density at radius 1 is 0.769 bits per heavy atom. The summed E-state index contributed by atoms with van der Waals surface area (Å²) >= 11 is 0. The fourth-order valence-corrected chi connectivity index (χ4v) is 4.99. The second-order valence-electron chi connectivity index (χ2n) is 10.5. The van der Waals surface area contributed by atoms with Gasteiger partial charge in [0.05, 0.1) is 34.8 Å². The molecule has 0 bridgehead atoms. The van der Waals surface area contributed by atoms with E-state index in [-0.39, 0.29) is 26.5 Å². The standard InChI is InChI=1S/C32H25N5O.Pt/c1-32(2,3)31-34-25-17-16-23(19-24(25)30-33-26-12-5-6-13-27(26)37(30)31)38-22-11-9-10-21(18-22)36-20-35(4)28-14-7-8-15-29(28)36;/h5-17H,1-4H3;/q-2;. The van der Waals surface area contributed by atoms with Crippen LogP contribution in [0.1, 0.15) is 26.6 Å². The minimum Gasteiger partial charge on any atom is -0.504 e. The van der Waals surface area contributed by atoms with Crippen molar-refractivity contribution in [2.75, 3.05) is 0 Å². The Hall–Kier alpha value is -4.02. The first-order chi connectivity index (χ1) is 18.4. The SMILES string of the molecule is C[n+]1[c-]n(-c2[c-]c(Oc3[c-]c4c(cc3)nc(C(C)(C)C)n3c5ccccc5nc43)ccc2)c2ccccc21.[Pt]. The zero-order valence-electron chi connectivity index (χ0n) is 22.0. The molecule has 7 heteroatoms. The third-order valence-electron chi connectivity index (χ3n) is 6.74. The number of imidazole rings is 2. The van der Waals surface area contributed by atoms with Crippen molar-refractivity contribution >= 4 is 38.6 Å². The van der Waals surface area contributed by atoms with Gasteiger partial charge in [-0.25, -0.2) is 0 Å². The van der Waals surface area contributed by atoms with Crippen molar-refractivity contribution in [2.24, 2.45) is 7.05 Å². The monoisotopic (exact) mass is 690 g/mol. The molecule has 0 unspecified atom stereocenters. The number of aromatic nitrogens is 5. The molecule has 0 fully saturated rings. The van der Waals surface area contributed by atoms with Crippen LogP contribution in [-0.4, -0.2) is 18.9 Å². The van der Waals surface area contributed by atoms with Gasteiger partial charge in [-0.3, -0.25) is 9.97 Å². The fraction of sp³-hybridized carbons (Fsp3) is 0.156. The van der Waals surface area contributed by atoms with Gasteiger partial charge < -0.3 is 18.3 Å². The topological polar surface area (TPSA) is 48.2 Å². The molecule has 0 spiro atoms. The minimum atomic E-state index is -0.170. The molecule has 3 aromatic heterocycles. The molecule has 0 radical (unpaired) electrons. The van der Waals surface area contributed by atoms with E-state index in [1.165, 1.54) is 0 Å². The van der Waals surface area contributed by atoms with E-state index < -0.39 is 0 Å². The third kappa shape index (κ3) is 4.20. The maximum absolute atomic E-state index is 6.28. The van der Waals surface area contributed by atoms with Crippen molar-refractivity contribution in [1.29, 1.82) is 0 Å². The second-order valence-corrected chi connectivity index (χ2v) is 10.5. The Balaban J connectivity index is 0.00000277. The average molecular weight is 691 g/mol. The Bertz CT molecular complexity index is 2020. The summed E-state index contributed by atoms with van der Waals surface area (Å²) in [5.74, 6) is 2.13. The maximum atomic E-state index is 6.28. The Morgan fingerprint density at radius 2 is 1.51 bits per heavy atom. The van der Waals surface area contributed by atoms with Crippen LogP contribution in [0.15, 0.2) is 78.9 Å². The molecule has 0 aliphatic heterocycles. The molecule has 196 valence electrons. The second kappa shape index (κ2) is 9.32. The van der Waals surface area contributed by atoms with Gasteiger partial charge in [-0.2, -0.15) is 12.1 Å². The molecule has 0 N–H and O–H groups in total. The summed E-state index contributed by atoms with van der Waals surface area (Å²) in [7, 11) is 1.99. The molecule has 6 nitrogen and oxygen atoms in total. The summed E-state index contributed by atoms with van der Waals surface area (Å²) in [5.41, 5.74) is 6.44. The Labute approximate surface area is 240 Å². The first-order valence-electron chi connectivity index (χ1n) is 12.6. The smallest absolute Gasteiger partial charge is 0.242 e. The Morgan fingerprint density at radius 3 is 2.33 bits per heavy atom. The van der Waals surface area contributed by atoms with E-state index in [9.17, 15) is 0 Å². The summed E-state index contributed by atoms with van der Waals surface area (Å²) < 4.78 is 12.4. The van der Waals surface area contributed by atoms with Crippen LogP contribution in [0.25, 0.3) is 44.3 Å². The zero-order chi connectivity index (χ0) is 26.0. The molecule has 0 aliphatic rings. The molecule has 0 saturated carbocycles. The van der Waals surface area contributed by atoms with Gasteiger partial charge in [-0.1, -0.05) is 80.4 Å². The normalized spacial score (nSPS) is 11.9. The molecule has 7 aromatic rings. The predicted octanol–water partition coefficient (Wildman–Crippen LogP) is 6.29. The van der Waals surface area contributed by atoms with Crippen LogP contribution in [0.4, 0.5) is 0 Å². The molecule has 0 saturated heterocycles. The molecular formula is C32H25N5OPt-2. The number of hydrogen-bond acceptors (Lipinski definition) is 3. The third-order valence-corrected chi connectivity index (χ3v) is 6.74. The van der Waals surface area contributed by atoms with Gasteiger partial charge in [-0.15, -0.1) is 18.2 Å². The molecule has 4 aromatic carbocycles. The molecule has 0 amide bonds. The summed E-state index contributed by atoms with van der Waals surface area (Å²) in [6.45, 7) is 6.51. The molecule has 7 rings (SSSR count). The summed E-state index contributed by atoms with van der Waals surface area (Å²) in [6, 6.07) is 32.9. The van der Waals surface area contributed by atoms with Crippen LogP contribution in [0, 0.1) is 18.5 Å². The van der Waals surface area contributed by atoms with Gasteiger partial charge in [0.25, 0.3) is 0 Å². The fourth-order valence-electron chi connectivity index (χ4n) is 4.99. The zero-order valence-corrected chi connectivity index (χ0v) is 24.2. The first-order valence-corrected chi connectivity index (χ1v) is 12.6. The van der Waals surface area contributed by atoms with E-state index >= 15 is 0 Å². The van der Waals surface area contributed by atoms with Crippen LogP contribution in [-0.2, 0) is 33.5 Å². The van der Waals surface area contributed by atoms with Crippen molar-refractivity contribution < 1.29 is 30.4 Å². The van der Waals surface area contributed by atoms with Crippen LogP contribution in [0.5, 0.6) is 11.5 Å². The van der Waals surface area contributed by atoms with E-state index in [1.807, 2.05) is 76.8 Å². The first kappa shape index (κ1) is 25.3. The van der Waals surface area contributed by atoms with Gasteiger partial charge in [0.1, 0.15) is 5.82 Å². The summed E-state index contributed by atoms with van der Waals surface area (Å²) in [6.07, 6.45) is 3.35. The van der Waals surface area contributed by atoms with Gasteiger partial charge in [0, 0.05) is 38.0 Å². The van der Waals surface area contributed by atoms with Gasteiger partial charge in [0.15, 0.2) is 0 Å². The number of fused-ring (bicyclic) bond motifs is 6. The molecule has 0 aliphatic carbocycles. The van der Waals surface area contributed by atoms with Crippen molar-refractivity contribution in [1.82, 2.24) is 18.9 Å². The van der Waals surface area contributed by atoms with E-state index in [0.717, 1.165) is 50.1 Å². The quantitative estimate of drug-likeness (QED) is 0.162. The largest absolute Gasteiger partial charge is 0.504 e. The van der Waals surface area contributed by atoms with Gasteiger partial charge in [0.2, 0.25) is 6.33 Å². The molecule has 39 heavy (non-hydrogen) atoms. The molecule has 3 heterocycles. The summed E-state index contributed by atoms with van der Waals surface area (Å²) in [5, 5.41) is 0.819. The van der Waals surface area contributed by atoms with Crippen LogP contribution in [0.2, 0.25) is 0 Å². The number of hydrogen-bond donors (Lipinski definition) is 0. The van der Waals surface area contributed by atoms with Crippen LogP contribution < -0.4 is 9.30 Å². The van der Waals surface area contributed by atoms with Crippen molar-refractivity contribution in [3.05, 3.63) is 103 Å². The van der Waals surface area contributed by atoms with Gasteiger partial charge in [-0.05, 0) is 17.6 Å². The van der Waals surface area contributed by atoms with Crippen LogP contribution >= 0.6 is 0 Å². The van der Waals surface area contributed by atoms with Crippen molar-refractivity contribution in [3.63, 3.8) is 0 Å². The Kier molecular flexibility index (Phi) is 6.04. The van der Waals surface area contributed by atoms with Gasteiger partial charge >= 0.3 is 0 Å². The van der Waals surface area contributed by atoms with Crippen molar-refractivity contribution in [2.45, 2.75) is 26.2 Å². The number of aryl methyl sites for hydroxylation is 1. The number of rotatable bonds is 3. The van der Waals surface area contributed by atoms with Crippen LogP contribution in [0.3, 0.4) is 0 Å². The van der Waals surface area contributed by atoms with Crippen molar-refractivity contribution in [3.8, 4) is 17.2 Å². The minimum absolute atomic E-state index is 0. The number of para-hydroxylation sites is 4. The maximum Gasteiger partial charge on any atom is 0.242 e.